The molecule has 1 atom stereocenters. The third-order valence-electron chi connectivity index (χ3n) is 3.07. The van der Waals surface area contributed by atoms with Crippen molar-refractivity contribution >= 4 is 17.3 Å². The molecule has 0 saturated heterocycles. The standard InChI is InChI=1S/C17H20ClNO2/c1-13-7-8-17(16(18)9-13)19-10-15(20)12-21-11-14-5-3-2-4-6-14/h2-9,15,19-20H,10-12H2,1H3. The van der Waals surface area contributed by atoms with Crippen molar-refractivity contribution < 1.29 is 9.84 Å². The zero-order valence-corrected chi connectivity index (χ0v) is 12.8. The van der Waals surface area contributed by atoms with Gasteiger partial charge in [-0.05, 0) is 30.2 Å². The molecule has 0 heterocycles. The molecule has 2 N–H and O–H groups in total. The fourth-order valence-electron chi connectivity index (χ4n) is 1.94. The van der Waals surface area contributed by atoms with E-state index in [0.717, 1.165) is 16.8 Å². The summed E-state index contributed by atoms with van der Waals surface area (Å²) in [5, 5.41) is 13.7. The number of nitrogens with one attached hydrogen (secondary N) is 1. The Labute approximate surface area is 130 Å². The second-order valence-electron chi connectivity index (χ2n) is 5.02. The lowest BCUT2D eigenvalue weighted by atomic mass is 10.2. The first-order valence-corrected chi connectivity index (χ1v) is 7.32. The second kappa shape index (κ2) is 8.03. The normalized spacial score (nSPS) is 12.1. The maximum absolute atomic E-state index is 9.90. The number of aryl methyl sites for hydroxylation is 1. The molecule has 2 aromatic carbocycles. The van der Waals surface area contributed by atoms with Crippen LogP contribution in [-0.4, -0.2) is 24.4 Å². The molecule has 0 amide bonds. The zero-order valence-electron chi connectivity index (χ0n) is 12.1. The molecule has 0 bridgehead atoms. The van der Waals surface area contributed by atoms with E-state index in [2.05, 4.69) is 5.32 Å². The Bertz CT molecular complexity index is 560. The van der Waals surface area contributed by atoms with Crippen molar-refractivity contribution in [3.8, 4) is 0 Å². The summed E-state index contributed by atoms with van der Waals surface area (Å²) >= 11 is 6.12. The van der Waals surface area contributed by atoms with Crippen LogP contribution in [-0.2, 0) is 11.3 Å². The monoisotopic (exact) mass is 305 g/mol. The van der Waals surface area contributed by atoms with Gasteiger partial charge in [0.25, 0.3) is 0 Å². The highest BCUT2D eigenvalue weighted by Crippen LogP contribution is 2.22. The number of ether oxygens (including phenoxy) is 1. The number of aliphatic hydroxyl groups is 1. The molecular formula is C17H20ClNO2. The second-order valence-corrected chi connectivity index (χ2v) is 5.43. The van der Waals surface area contributed by atoms with E-state index in [9.17, 15) is 5.11 Å². The summed E-state index contributed by atoms with van der Waals surface area (Å²) < 4.78 is 5.50. The lowest BCUT2D eigenvalue weighted by Crippen LogP contribution is -2.24. The van der Waals surface area contributed by atoms with Gasteiger partial charge in [-0.3, -0.25) is 0 Å². The van der Waals surface area contributed by atoms with Crippen LogP contribution >= 0.6 is 11.6 Å². The summed E-state index contributed by atoms with van der Waals surface area (Å²) in [6.07, 6.45) is -0.578. The van der Waals surface area contributed by atoms with Gasteiger partial charge < -0.3 is 15.2 Å². The third kappa shape index (κ3) is 5.38. The van der Waals surface area contributed by atoms with Gasteiger partial charge in [-0.15, -0.1) is 0 Å². The van der Waals surface area contributed by atoms with Crippen LogP contribution in [0, 0.1) is 6.92 Å². The van der Waals surface area contributed by atoms with Crippen molar-refractivity contribution in [1.82, 2.24) is 0 Å². The molecule has 0 aliphatic heterocycles. The van der Waals surface area contributed by atoms with E-state index in [1.54, 1.807) is 0 Å². The molecule has 4 heteroatoms. The number of halogens is 1. The number of aliphatic hydroxyl groups excluding tert-OH is 1. The summed E-state index contributed by atoms with van der Waals surface area (Å²) in [6.45, 7) is 3.17. The predicted octanol–water partition coefficient (Wildman–Crippen LogP) is 3.64. The highest BCUT2D eigenvalue weighted by atomic mass is 35.5. The first-order chi connectivity index (χ1) is 10.1. The van der Waals surface area contributed by atoms with E-state index >= 15 is 0 Å². The van der Waals surface area contributed by atoms with Crippen LogP contribution in [0.4, 0.5) is 5.69 Å². The van der Waals surface area contributed by atoms with Gasteiger partial charge in [0.15, 0.2) is 0 Å². The average molecular weight is 306 g/mol. The summed E-state index contributed by atoms with van der Waals surface area (Å²) in [7, 11) is 0. The Morgan fingerprint density at radius 1 is 1.19 bits per heavy atom. The van der Waals surface area contributed by atoms with Gasteiger partial charge in [-0.1, -0.05) is 48.0 Å². The highest BCUT2D eigenvalue weighted by molar-refractivity contribution is 6.33. The van der Waals surface area contributed by atoms with E-state index in [1.807, 2.05) is 55.5 Å². The third-order valence-corrected chi connectivity index (χ3v) is 3.39. The molecule has 0 saturated carbocycles. The van der Waals surface area contributed by atoms with E-state index < -0.39 is 6.10 Å². The van der Waals surface area contributed by atoms with Gasteiger partial charge in [0.2, 0.25) is 0 Å². The van der Waals surface area contributed by atoms with Crippen LogP contribution in [0.1, 0.15) is 11.1 Å². The minimum atomic E-state index is -0.578. The molecule has 0 radical (unpaired) electrons. The van der Waals surface area contributed by atoms with Gasteiger partial charge >= 0.3 is 0 Å². The molecule has 0 aliphatic rings. The summed E-state index contributed by atoms with van der Waals surface area (Å²) in [6, 6.07) is 15.7. The van der Waals surface area contributed by atoms with E-state index in [0.29, 0.717) is 18.2 Å². The van der Waals surface area contributed by atoms with Crippen molar-refractivity contribution in [2.24, 2.45) is 0 Å². The lowest BCUT2D eigenvalue weighted by Gasteiger charge is -2.14. The van der Waals surface area contributed by atoms with Crippen molar-refractivity contribution in [2.45, 2.75) is 19.6 Å². The van der Waals surface area contributed by atoms with Gasteiger partial charge in [-0.2, -0.15) is 0 Å². The molecule has 0 aliphatic carbocycles. The number of benzene rings is 2. The average Bonchev–Trinajstić information content (AvgIpc) is 2.47. The Hall–Kier alpha value is -1.55. The Kier molecular flexibility index (Phi) is 6.05. The molecule has 2 aromatic rings. The van der Waals surface area contributed by atoms with Gasteiger partial charge in [0.05, 0.1) is 30.0 Å². The smallest absolute Gasteiger partial charge is 0.0945 e. The molecule has 3 nitrogen and oxygen atoms in total. The minimum Gasteiger partial charge on any atom is -0.389 e. The van der Waals surface area contributed by atoms with Crippen LogP contribution in [0.3, 0.4) is 0 Å². The number of anilines is 1. The molecule has 2 rings (SSSR count). The quantitative estimate of drug-likeness (QED) is 0.820. The molecule has 1 unspecified atom stereocenters. The van der Waals surface area contributed by atoms with Crippen LogP contribution in [0.2, 0.25) is 5.02 Å². The van der Waals surface area contributed by atoms with E-state index in [1.165, 1.54) is 0 Å². The van der Waals surface area contributed by atoms with Crippen molar-refractivity contribution in [2.75, 3.05) is 18.5 Å². The van der Waals surface area contributed by atoms with Crippen molar-refractivity contribution in [3.05, 3.63) is 64.7 Å². The maximum atomic E-state index is 9.90. The fourth-order valence-corrected chi connectivity index (χ4v) is 2.24. The van der Waals surface area contributed by atoms with Gasteiger partial charge in [0, 0.05) is 6.54 Å². The maximum Gasteiger partial charge on any atom is 0.0945 e. The Balaban J connectivity index is 1.71. The van der Waals surface area contributed by atoms with Crippen molar-refractivity contribution in [3.63, 3.8) is 0 Å². The molecular weight excluding hydrogens is 286 g/mol. The Morgan fingerprint density at radius 2 is 1.95 bits per heavy atom. The van der Waals surface area contributed by atoms with Crippen LogP contribution < -0.4 is 5.32 Å². The van der Waals surface area contributed by atoms with Gasteiger partial charge in [0.1, 0.15) is 0 Å². The Morgan fingerprint density at radius 3 is 2.67 bits per heavy atom. The fraction of sp³-hybridized carbons (Fsp3) is 0.294. The molecule has 0 fully saturated rings. The summed E-state index contributed by atoms with van der Waals surface area (Å²) in [5.41, 5.74) is 3.03. The van der Waals surface area contributed by atoms with E-state index in [4.69, 9.17) is 16.3 Å². The van der Waals surface area contributed by atoms with Crippen LogP contribution in [0.5, 0.6) is 0 Å². The minimum absolute atomic E-state index is 0.283. The predicted molar refractivity (Wildman–Crippen MR) is 86.8 cm³/mol. The first kappa shape index (κ1) is 15.8. The van der Waals surface area contributed by atoms with Crippen LogP contribution in [0.15, 0.2) is 48.5 Å². The zero-order chi connectivity index (χ0) is 15.1. The topological polar surface area (TPSA) is 41.5 Å². The van der Waals surface area contributed by atoms with Crippen molar-refractivity contribution in [1.29, 1.82) is 0 Å². The number of hydrogen-bond acceptors (Lipinski definition) is 3. The molecule has 0 aromatic heterocycles. The molecule has 21 heavy (non-hydrogen) atoms. The molecule has 0 spiro atoms. The summed E-state index contributed by atoms with van der Waals surface area (Å²) in [4.78, 5) is 0. The van der Waals surface area contributed by atoms with E-state index in [-0.39, 0.29) is 6.61 Å². The largest absolute Gasteiger partial charge is 0.389 e. The number of hydrogen-bond donors (Lipinski definition) is 2. The number of rotatable bonds is 7. The van der Waals surface area contributed by atoms with Crippen LogP contribution in [0.25, 0.3) is 0 Å². The van der Waals surface area contributed by atoms with Gasteiger partial charge in [-0.25, -0.2) is 0 Å². The highest BCUT2D eigenvalue weighted by Gasteiger charge is 2.06. The first-order valence-electron chi connectivity index (χ1n) is 6.95. The summed E-state index contributed by atoms with van der Waals surface area (Å²) in [5.74, 6) is 0. The lowest BCUT2D eigenvalue weighted by molar-refractivity contribution is 0.0348. The SMILES string of the molecule is Cc1ccc(NCC(O)COCc2ccccc2)c(Cl)c1. The molecule has 112 valence electrons.